The van der Waals surface area contributed by atoms with Crippen LogP contribution in [0, 0.1) is 5.92 Å². The Hall–Kier alpha value is -3.65. The molecule has 3 rings (SSSR count). The first-order valence-corrected chi connectivity index (χ1v) is 8.78. The van der Waals surface area contributed by atoms with Gasteiger partial charge in [-0.3, -0.25) is 9.59 Å². The van der Waals surface area contributed by atoms with Crippen molar-refractivity contribution < 1.29 is 24.3 Å². The first kappa shape index (κ1) is 20.1. The number of fused-ring (bicyclic) bond motifs is 1. The first-order valence-electron chi connectivity index (χ1n) is 8.78. The van der Waals surface area contributed by atoms with E-state index in [0.29, 0.717) is 16.7 Å². The second-order valence-electron chi connectivity index (χ2n) is 6.38. The van der Waals surface area contributed by atoms with Crippen molar-refractivity contribution in [3.8, 4) is 5.75 Å². The molecule has 0 spiro atoms. The fourth-order valence-electron chi connectivity index (χ4n) is 3.41. The molecule has 1 aliphatic carbocycles. The smallest absolute Gasteiger partial charge is 0.276 e. The van der Waals surface area contributed by atoms with E-state index < -0.39 is 23.5 Å². The van der Waals surface area contributed by atoms with Gasteiger partial charge in [0.15, 0.2) is 11.4 Å². The van der Waals surface area contributed by atoms with E-state index in [0.717, 1.165) is 5.39 Å². The number of rotatable bonds is 6. The van der Waals surface area contributed by atoms with Crippen LogP contribution < -0.4 is 15.8 Å². The molecule has 0 saturated heterocycles. The number of primary amides is 1. The summed E-state index contributed by atoms with van der Waals surface area (Å²) < 4.78 is 10.8. The topological polar surface area (TPSA) is 123 Å². The van der Waals surface area contributed by atoms with Crippen molar-refractivity contribution in [3.63, 3.8) is 0 Å². The lowest BCUT2D eigenvalue weighted by atomic mass is 9.89. The second-order valence-corrected chi connectivity index (χ2v) is 6.38. The molecular weight excluding hydrogens is 374 g/mol. The minimum Gasteiger partial charge on any atom is -0.496 e. The van der Waals surface area contributed by atoms with Gasteiger partial charge in [0.2, 0.25) is 5.91 Å². The lowest BCUT2D eigenvalue weighted by Crippen LogP contribution is -2.58. The third kappa shape index (κ3) is 3.57. The molecule has 150 valence electrons. The van der Waals surface area contributed by atoms with Crippen molar-refractivity contribution in [2.75, 3.05) is 14.2 Å². The SMILES string of the molecule is COc1ccc(/C(=N/O)C(=O)NC2(OC)C=CC=CC2C(N)=O)c2ccccc12. The van der Waals surface area contributed by atoms with Gasteiger partial charge in [-0.05, 0) is 23.6 Å². The number of carbonyl (C=O) groups excluding carboxylic acids is 2. The van der Waals surface area contributed by atoms with Gasteiger partial charge in [0, 0.05) is 18.1 Å². The number of nitrogens with one attached hydrogen (secondary N) is 1. The number of hydrogen-bond donors (Lipinski definition) is 3. The van der Waals surface area contributed by atoms with Gasteiger partial charge in [0.05, 0.1) is 7.11 Å². The Kier molecular flexibility index (Phi) is 5.65. The van der Waals surface area contributed by atoms with Crippen molar-refractivity contribution in [1.29, 1.82) is 0 Å². The van der Waals surface area contributed by atoms with Crippen LogP contribution in [0.4, 0.5) is 0 Å². The van der Waals surface area contributed by atoms with E-state index in [1.807, 2.05) is 12.1 Å². The molecular formula is C21H21N3O5. The van der Waals surface area contributed by atoms with Gasteiger partial charge in [-0.2, -0.15) is 0 Å². The Morgan fingerprint density at radius 3 is 2.48 bits per heavy atom. The highest BCUT2D eigenvalue weighted by molar-refractivity contribution is 6.47. The number of nitrogens with two attached hydrogens (primary N) is 1. The molecule has 8 nitrogen and oxygen atoms in total. The molecule has 8 heteroatoms. The van der Waals surface area contributed by atoms with E-state index in [9.17, 15) is 14.8 Å². The van der Waals surface area contributed by atoms with Crippen molar-refractivity contribution in [2.45, 2.75) is 5.72 Å². The van der Waals surface area contributed by atoms with Crippen LogP contribution in [0.15, 0.2) is 65.9 Å². The van der Waals surface area contributed by atoms with E-state index >= 15 is 0 Å². The van der Waals surface area contributed by atoms with Gasteiger partial charge >= 0.3 is 0 Å². The highest BCUT2D eigenvalue weighted by atomic mass is 16.5. The van der Waals surface area contributed by atoms with Crippen molar-refractivity contribution in [2.24, 2.45) is 16.8 Å². The summed E-state index contributed by atoms with van der Waals surface area (Å²) in [6.45, 7) is 0. The quantitative estimate of drug-likeness (QED) is 0.297. The summed E-state index contributed by atoms with van der Waals surface area (Å²) in [5.41, 5.74) is 4.11. The summed E-state index contributed by atoms with van der Waals surface area (Å²) in [5, 5.41) is 16.9. The average molecular weight is 395 g/mol. The molecule has 4 N–H and O–H groups in total. The van der Waals surface area contributed by atoms with Crippen LogP contribution in [-0.4, -0.2) is 42.7 Å². The lowest BCUT2D eigenvalue weighted by molar-refractivity contribution is -0.134. The van der Waals surface area contributed by atoms with Crippen LogP contribution in [0.3, 0.4) is 0 Å². The number of benzene rings is 2. The number of oxime groups is 1. The van der Waals surface area contributed by atoms with E-state index in [-0.39, 0.29) is 5.71 Å². The molecule has 0 fully saturated rings. The van der Waals surface area contributed by atoms with E-state index in [1.54, 1.807) is 43.5 Å². The van der Waals surface area contributed by atoms with Gasteiger partial charge in [-0.1, -0.05) is 47.6 Å². The number of hydrogen-bond acceptors (Lipinski definition) is 6. The third-order valence-corrected chi connectivity index (χ3v) is 4.85. The van der Waals surface area contributed by atoms with Crippen LogP contribution in [0.25, 0.3) is 10.8 Å². The summed E-state index contributed by atoms with van der Waals surface area (Å²) in [4.78, 5) is 24.9. The molecule has 0 radical (unpaired) electrons. The number of methoxy groups -OCH3 is 2. The van der Waals surface area contributed by atoms with Crippen LogP contribution >= 0.6 is 0 Å². The van der Waals surface area contributed by atoms with E-state index in [2.05, 4.69) is 10.5 Å². The molecule has 2 atom stereocenters. The Bertz CT molecular complexity index is 1040. The maximum atomic E-state index is 13.1. The zero-order chi connectivity index (χ0) is 21.0. The Balaban J connectivity index is 2.03. The molecule has 0 heterocycles. The molecule has 2 aromatic rings. The van der Waals surface area contributed by atoms with E-state index in [1.165, 1.54) is 19.3 Å². The third-order valence-electron chi connectivity index (χ3n) is 4.85. The van der Waals surface area contributed by atoms with Crippen molar-refractivity contribution in [1.82, 2.24) is 5.32 Å². The molecule has 2 aromatic carbocycles. The van der Waals surface area contributed by atoms with Gasteiger partial charge in [-0.25, -0.2) is 0 Å². The fraction of sp³-hybridized carbons (Fsp3) is 0.190. The number of carbonyl (C=O) groups is 2. The first-order chi connectivity index (χ1) is 14.0. The number of ether oxygens (including phenoxy) is 2. The average Bonchev–Trinajstić information content (AvgIpc) is 2.74. The maximum Gasteiger partial charge on any atom is 0.276 e. The molecule has 2 unspecified atom stereocenters. The highest BCUT2D eigenvalue weighted by Crippen LogP contribution is 2.30. The Morgan fingerprint density at radius 1 is 1.14 bits per heavy atom. The molecule has 0 aliphatic heterocycles. The highest BCUT2D eigenvalue weighted by Gasteiger charge is 2.42. The summed E-state index contributed by atoms with van der Waals surface area (Å²) >= 11 is 0. The maximum absolute atomic E-state index is 13.1. The Morgan fingerprint density at radius 2 is 1.86 bits per heavy atom. The zero-order valence-corrected chi connectivity index (χ0v) is 16.0. The van der Waals surface area contributed by atoms with Gasteiger partial charge in [0.25, 0.3) is 5.91 Å². The number of amides is 2. The fourth-order valence-corrected chi connectivity index (χ4v) is 3.41. The molecule has 1 aliphatic rings. The summed E-state index contributed by atoms with van der Waals surface area (Å²) in [6.07, 6.45) is 6.31. The van der Waals surface area contributed by atoms with Gasteiger partial charge in [0.1, 0.15) is 11.7 Å². The minimum atomic E-state index is -1.50. The number of allylic oxidation sites excluding steroid dienone is 2. The van der Waals surface area contributed by atoms with Crippen molar-refractivity contribution >= 4 is 28.3 Å². The Labute approximate surface area is 167 Å². The molecule has 2 amide bonds. The van der Waals surface area contributed by atoms with Crippen LogP contribution in [0.5, 0.6) is 5.75 Å². The number of nitrogens with zero attached hydrogens (tertiary/aromatic N) is 1. The summed E-state index contributed by atoms with van der Waals surface area (Å²) in [5.74, 6) is -1.74. The zero-order valence-electron chi connectivity index (χ0n) is 16.0. The lowest BCUT2D eigenvalue weighted by Gasteiger charge is -2.36. The van der Waals surface area contributed by atoms with Crippen LogP contribution in [0.2, 0.25) is 0 Å². The standard InChI is InChI=1S/C21H21N3O5/c1-28-17-11-10-15(13-7-3-4-8-14(13)17)18(24-27)20(26)23-21(29-2)12-6-5-9-16(21)19(22)25/h3-12,16,27H,1-2H3,(H2,22,25)(H,23,26)/b24-18-. The molecule has 0 saturated carbocycles. The molecule has 0 bridgehead atoms. The molecule has 0 aromatic heterocycles. The normalized spacial score (nSPS) is 21.2. The second kappa shape index (κ2) is 8.15. The van der Waals surface area contributed by atoms with Crippen LogP contribution in [0.1, 0.15) is 5.56 Å². The predicted molar refractivity (Wildman–Crippen MR) is 108 cm³/mol. The van der Waals surface area contributed by atoms with Gasteiger partial charge in [-0.15, -0.1) is 0 Å². The monoisotopic (exact) mass is 395 g/mol. The van der Waals surface area contributed by atoms with Gasteiger partial charge < -0.3 is 25.7 Å². The largest absolute Gasteiger partial charge is 0.496 e. The molecule has 29 heavy (non-hydrogen) atoms. The van der Waals surface area contributed by atoms with Crippen molar-refractivity contribution in [3.05, 3.63) is 66.3 Å². The summed E-state index contributed by atoms with van der Waals surface area (Å²) in [6, 6.07) is 10.6. The van der Waals surface area contributed by atoms with Crippen LogP contribution in [-0.2, 0) is 14.3 Å². The predicted octanol–water partition coefficient (Wildman–Crippen LogP) is 1.71. The minimum absolute atomic E-state index is 0.244. The summed E-state index contributed by atoms with van der Waals surface area (Å²) in [7, 11) is 2.89. The van der Waals surface area contributed by atoms with E-state index in [4.69, 9.17) is 15.2 Å².